The Labute approximate surface area is 142 Å². The van der Waals surface area contributed by atoms with E-state index >= 15 is 0 Å². The Bertz CT molecular complexity index is 1010. The zero-order valence-corrected chi connectivity index (χ0v) is 14.6. The molecule has 0 atom stereocenters. The average molecular weight is 314 g/mol. The summed E-state index contributed by atoms with van der Waals surface area (Å²) in [5.74, 6) is 0. The summed E-state index contributed by atoms with van der Waals surface area (Å²) in [6.45, 7) is 4.47. The molecule has 4 aromatic carbocycles. The maximum atomic E-state index is 3.47. The van der Waals surface area contributed by atoms with Gasteiger partial charge >= 0.3 is 0 Å². The summed E-state index contributed by atoms with van der Waals surface area (Å²) in [5.41, 5.74) is 5.09. The van der Waals surface area contributed by atoms with Crippen LogP contribution in [0.2, 0.25) is 0 Å². The third-order valence-corrected chi connectivity index (χ3v) is 5.20. The van der Waals surface area contributed by atoms with Crippen LogP contribution in [0.1, 0.15) is 11.1 Å². The molecular formula is C22H22N2. The molecule has 0 aromatic heterocycles. The van der Waals surface area contributed by atoms with Crippen LogP contribution >= 0.6 is 0 Å². The molecule has 2 N–H and O–H groups in total. The molecule has 0 amide bonds. The van der Waals surface area contributed by atoms with Crippen LogP contribution in [0, 0.1) is 13.8 Å². The van der Waals surface area contributed by atoms with Crippen LogP contribution in [0.3, 0.4) is 0 Å². The highest BCUT2D eigenvalue weighted by atomic mass is 14.9. The normalized spacial score (nSPS) is 11.3. The van der Waals surface area contributed by atoms with Gasteiger partial charge in [0.1, 0.15) is 0 Å². The highest BCUT2D eigenvalue weighted by molar-refractivity contribution is 6.24. The first-order chi connectivity index (χ1) is 11.7. The first kappa shape index (κ1) is 14.8. The second-order valence-corrected chi connectivity index (χ2v) is 6.34. The lowest BCUT2D eigenvalue weighted by Crippen LogP contribution is -2.01. The lowest BCUT2D eigenvalue weighted by atomic mass is 9.88. The van der Waals surface area contributed by atoms with Crippen molar-refractivity contribution in [1.82, 2.24) is 0 Å². The van der Waals surface area contributed by atoms with Crippen molar-refractivity contribution in [3.8, 4) is 0 Å². The molecule has 0 heterocycles. The van der Waals surface area contributed by atoms with E-state index in [9.17, 15) is 0 Å². The summed E-state index contributed by atoms with van der Waals surface area (Å²) in [7, 11) is 4.04. The van der Waals surface area contributed by atoms with E-state index in [1.54, 1.807) is 0 Å². The maximum absolute atomic E-state index is 3.47. The van der Waals surface area contributed by atoms with Crippen molar-refractivity contribution in [1.29, 1.82) is 0 Å². The summed E-state index contributed by atoms with van der Waals surface area (Å²) >= 11 is 0. The van der Waals surface area contributed by atoms with Gasteiger partial charge in [-0.05, 0) is 35.7 Å². The Kier molecular flexibility index (Phi) is 3.34. The predicted octanol–water partition coefficient (Wildman–Crippen LogP) is 5.85. The van der Waals surface area contributed by atoms with E-state index in [0.29, 0.717) is 0 Å². The molecule has 0 aliphatic carbocycles. The van der Waals surface area contributed by atoms with Crippen molar-refractivity contribution >= 4 is 43.7 Å². The van der Waals surface area contributed by atoms with E-state index < -0.39 is 0 Å². The number of nitrogens with one attached hydrogen (secondary N) is 2. The molecule has 4 aromatic rings. The van der Waals surface area contributed by atoms with E-state index in [2.05, 4.69) is 73.0 Å². The Hall–Kier alpha value is -2.74. The van der Waals surface area contributed by atoms with Gasteiger partial charge in [0.15, 0.2) is 0 Å². The van der Waals surface area contributed by atoms with Gasteiger partial charge in [0.25, 0.3) is 0 Å². The van der Waals surface area contributed by atoms with E-state index in [1.165, 1.54) is 54.8 Å². The fourth-order valence-electron chi connectivity index (χ4n) is 4.11. The van der Waals surface area contributed by atoms with Crippen molar-refractivity contribution in [3.63, 3.8) is 0 Å². The van der Waals surface area contributed by atoms with Gasteiger partial charge in [-0.25, -0.2) is 0 Å². The minimum atomic E-state index is 1.21. The Morgan fingerprint density at radius 1 is 0.542 bits per heavy atom. The quantitative estimate of drug-likeness (QED) is 0.358. The molecule has 120 valence electrons. The van der Waals surface area contributed by atoms with Crippen LogP contribution in [-0.2, 0) is 0 Å². The summed E-state index contributed by atoms with van der Waals surface area (Å²) in [6.07, 6.45) is 0. The van der Waals surface area contributed by atoms with Crippen molar-refractivity contribution < 1.29 is 0 Å². The molecule has 0 aliphatic rings. The third kappa shape index (κ3) is 1.83. The van der Waals surface area contributed by atoms with Crippen LogP contribution in [0.5, 0.6) is 0 Å². The zero-order chi connectivity index (χ0) is 16.8. The van der Waals surface area contributed by atoms with E-state index in [-0.39, 0.29) is 0 Å². The molecular weight excluding hydrogens is 292 g/mol. The lowest BCUT2D eigenvalue weighted by Gasteiger charge is -2.21. The van der Waals surface area contributed by atoms with Gasteiger partial charge in [-0.3, -0.25) is 0 Å². The smallest absolute Gasteiger partial charge is 0.0501 e. The molecule has 2 nitrogen and oxygen atoms in total. The number of aryl methyl sites for hydroxylation is 2. The van der Waals surface area contributed by atoms with E-state index in [0.717, 1.165) is 0 Å². The van der Waals surface area contributed by atoms with Crippen molar-refractivity contribution in [2.24, 2.45) is 0 Å². The van der Waals surface area contributed by atoms with Crippen LogP contribution < -0.4 is 10.6 Å². The standard InChI is InChI=1S/C22H22N2/c1-13-15-9-5-6-10-16(15)14(2)20-19(13)21(23-3)17-11-7-8-12-18(17)22(20)24-4/h5-12,23-24H,1-4H3. The topological polar surface area (TPSA) is 24.1 Å². The van der Waals surface area contributed by atoms with Gasteiger partial charge in [-0.1, -0.05) is 48.5 Å². The summed E-state index contributed by atoms with van der Waals surface area (Å²) in [6, 6.07) is 17.3. The van der Waals surface area contributed by atoms with Crippen LogP contribution in [0.15, 0.2) is 48.5 Å². The van der Waals surface area contributed by atoms with Crippen LogP contribution in [0.4, 0.5) is 11.4 Å². The van der Waals surface area contributed by atoms with Crippen molar-refractivity contribution in [2.75, 3.05) is 24.7 Å². The second-order valence-electron chi connectivity index (χ2n) is 6.34. The summed E-state index contributed by atoms with van der Waals surface area (Å²) in [5, 5.41) is 14.7. The second kappa shape index (κ2) is 5.41. The molecule has 0 aliphatic heterocycles. The first-order valence-electron chi connectivity index (χ1n) is 8.40. The molecule has 0 radical (unpaired) electrons. The lowest BCUT2D eigenvalue weighted by molar-refractivity contribution is 1.48. The highest BCUT2D eigenvalue weighted by Gasteiger charge is 2.18. The Morgan fingerprint density at radius 3 is 1.21 bits per heavy atom. The number of fused-ring (bicyclic) bond motifs is 3. The minimum absolute atomic E-state index is 1.21. The predicted molar refractivity (Wildman–Crippen MR) is 108 cm³/mol. The highest BCUT2D eigenvalue weighted by Crippen LogP contribution is 2.45. The van der Waals surface area contributed by atoms with Gasteiger partial charge in [0.05, 0.1) is 11.4 Å². The number of hydrogen-bond donors (Lipinski definition) is 2. The summed E-state index contributed by atoms with van der Waals surface area (Å²) in [4.78, 5) is 0. The van der Waals surface area contributed by atoms with E-state index in [4.69, 9.17) is 0 Å². The number of rotatable bonds is 2. The molecule has 0 bridgehead atoms. The molecule has 24 heavy (non-hydrogen) atoms. The van der Waals surface area contributed by atoms with Gasteiger partial charge in [0.2, 0.25) is 0 Å². The average Bonchev–Trinajstić information content (AvgIpc) is 2.64. The first-order valence-corrected chi connectivity index (χ1v) is 8.40. The monoisotopic (exact) mass is 314 g/mol. The van der Waals surface area contributed by atoms with Gasteiger partial charge in [-0.2, -0.15) is 0 Å². The third-order valence-electron chi connectivity index (χ3n) is 5.20. The molecule has 0 saturated carbocycles. The Morgan fingerprint density at radius 2 is 0.875 bits per heavy atom. The van der Waals surface area contributed by atoms with Gasteiger partial charge in [-0.15, -0.1) is 0 Å². The fourth-order valence-corrected chi connectivity index (χ4v) is 4.11. The number of hydrogen-bond acceptors (Lipinski definition) is 2. The molecule has 2 heteroatoms. The summed E-state index contributed by atoms with van der Waals surface area (Å²) < 4.78 is 0. The van der Waals surface area contributed by atoms with Crippen molar-refractivity contribution in [2.45, 2.75) is 13.8 Å². The minimum Gasteiger partial charge on any atom is -0.387 e. The maximum Gasteiger partial charge on any atom is 0.0501 e. The van der Waals surface area contributed by atoms with Crippen molar-refractivity contribution in [3.05, 3.63) is 59.7 Å². The molecule has 0 spiro atoms. The number of benzene rings is 4. The Balaban J connectivity index is 2.42. The van der Waals surface area contributed by atoms with E-state index in [1.807, 2.05) is 14.1 Å². The fraction of sp³-hybridized carbons (Fsp3) is 0.182. The molecule has 0 fully saturated rings. The van der Waals surface area contributed by atoms with Gasteiger partial charge < -0.3 is 10.6 Å². The molecule has 0 saturated heterocycles. The van der Waals surface area contributed by atoms with Gasteiger partial charge in [0, 0.05) is 35.6 Å². The largest absolute Gasteiger partial charge is 0.387 e. The molecule has 4 rings (SSSR count). The SMILES string of the molecule is CNc1c2ccccc2c(NC)c2c(C)c3ccccc3c(C)c12. The zero-order valence-electron chi connectivity index (χ0n) is 14.6. The van der Waals surface area contributed by atoms with Crippen LogP contribution in [-0.4, -0.2) is 14.1 Å². The number of anilines is 2. The molecule has 0 unspecified atom stereocenters. The van der Waals surface area contributed by atoms with Crippen LogP contribution in [0.25, 0.3) is 32.3 Å².